The summed E-state index contributed by atoms with van der Waals surface area (Å²) < 4.78 is -0.289. The molecule has 3 fully saturated rings. The van der Waals surface area contributed by atoms with E-state index in [0.717, 1.165) is 5.56 Å². The zero-order valence-electron chi connectivity index (χ0n) is 19.2. The molecule has 0 spiro atoms. The van der Waals surface area contributed by atoms with Crippen molar-refractivity contribution >= 4 is 23.6 Å². The van der Waals surface area contributed by atoms with Crippen molar-refractivity contribution in [3.8, 4) is 0 Å². The Morgan fingerprint density at radius 2 is 1.75 bits per heavy atom. The van der Waals surface area contributed by atoms with E-state index < -0.39 is 17.7 Å². The molecule has 0 bridgehead atoms. The Hall–Kier alpha value is -2.46. The Morgan fingerprint density at radius 3 is 2.34 bits per heavy atom. The minimum atomic E-state index is -0.651. The monoisotopic (exact) mass is 455 g/mol. The van der Waals surface area contributed by atoms with Crippen LogP contribution < -0.4 is 5.32 Å². The highest BCUT2D eigenvalue weighted by molar-refractivity contribution is 8.01. The fourth-order valence-corrected chi connectivity index (χ4v) is 6.92. The molecule has 4 unspecified atom stereocenters. The minimum absolute atomic E-state index is 0.0616. The molecule has 170 valence electrons. The van der Waals surface area contributed by atoms with Crippen LogP contribution in [-0.4, -0.2) is 64.1 Å². The summed E-state index contributed by atoms with van der Waals surface area (Å²) in [7, 11) is 0. The Morgan fingerprint density at radius 1 is 1.06 bits per heavy atom. The number of fused-ring (bicyclic) bond motifs is 1. The van der Waals surface area contributed by atoms with E-state index in [0.29, 0.717) is 11.7 Å². The van der Waals surface area contributed by atoms with Crippen molar-refractivity contribution < 1.29 is 9.59 Å². The lowest BCUT2D eigenvalue weighted by molar-refractivity contribution is -0.165. The van der Waals surface area contributed by atoms with Crippen LogP contribution in [0.1, 0.15) is 76.5 Å². The summed E-state index contributed by atoms with van der Waals surface area (Å²) in [6.45, 7) is 12.4. The molecule has 10 heteroatoms. The number of hydrogen-bond acceptors (Lipinski definition) is 7. The van der Waals surface area contributed by atoms with Gasteiger partial charge >= 0.3 is 0 Å². The summed E-state index contributed by atoms with van der Waals surface area (Å²) in [5.74, 6) is 0.880. The van der Waals surface area contributed by atoms with Gasteiger partial charge in [0.05, 0.1) is 5.66 Å². The molecule has 0 aliphatic carbocycles. The summed E-state index contributed by atoms with van der Waals surface area (Å²) in [6.07, 6.45) is 0. The lowest BCUT2D eigenvalue weighted by Gasteiger charge is -2.50. The minimum Gasteiger partial charge on any atom is -0.314 e. The van der Waals surface area contributed by atoms with Crippen LogP contribution in [0.15, 0.2) is 24.3 Å². The highest BCUT2D eigenvalue weighted by Gasteiger charge is 2.67. The van der Waals surface area contributed by atoms with Crippen LogP contribution in [0.4, 0.5) is 0 Å². The fourth-order valence-electron chi connectivity index (χ4n) is 5.24. The van der Waals surface area contributed by atoms with Crippen LogP contribution in [0.25, 0.3) is 0 Å². The molecule has 1 aromatic carbocycles. The Labute approximate surface area is 191 Å². The number of aromatic amines is 1. The first-order valence-electron chi connectivity index (χ1n) is 11.0. The van der Waals surface area contributed by atoms with Gasteiger partial charge in [0.15, 0.2) is 5.82 Å². The number of rotatable bonds is 4. The molecule has 3 aliphatic heterocycles. The summed E-state index contributed by atoms with van der Waals surface area (Å²) in [4.78, 5) is 30.6. The van der Waals surface area contributed by atoms with Crippen LogP contribution in [-0.2, 0) is 9.59 Å². The van der Waals surface area contributed by atoms with Crippen LogP contribution in [0.5, 0.6) is 0 Å². The number of carbonyl (C=O) groups excluding carboxylic acids is 2. The summed E-state index contributed by atoms with van der Waals surface area (Å²) >= 11 is 1.70. The van der Waals surface area contributed by atoms with Crippen molar-refractivity contribution in [2.24, 2.45) is 0 Å². The van der Waals surface area contributed by atoms with Gasteiger partial charge in [-0.3, -0.25) is 14.9 Å². The number of nitrogens with zero attached hydrogens (tertiary/aromatic N) is 5. The third kappa shape index (κ3) is 2.99. The maximum Gasteiger partial charge on any atom is 0.250 e. The third-order valence-electron chi connectivity index (χ3n) is 6.83. The molecule has 0 radical (unpaired) electrons. The standard InChI is InChI=1S/C22H29N7O2S/c1-11(2)12-7-9-13(10-8-12)14-18(30)29(22(5,6)23-14)15-19(31)28-16(17-24-26-27-25-17)21(3,4)32-20(15)28/h7-11,14-16,20,23H,1-6H3,(H,24,25,26,27). The zero-order chi connectivity index (χ0) is 23.0. The molecule has 2 amide bonds. The van der Waals surface area contributed by atoms with Crippen molar-refractivity contribution in [2.45, 2.75) is 81.4 Å². The average molecular weight is 456 g/mol. The van der Waals surface area contributed by atoms with Crippen molar-refractivity contribution in [3.05, 3.63) is 41.2 Å². The number of hydrogen-bond donors (Lipinski definition) is 2. The van der Waals surface area contributed by atoms with Crippen molar-refractivity contribution in [1.82, 2.24) is 35.7 Å². The summed E-state index contributed by atoms with van der Waals surface area (Å²) in [5, 5.41) is 17.6. The van der Waals surface area contributed by atoms with Crippen LogP contribution in [0, 0.1) is 0 Å². The second-order valence-electron chi connectivity index (χ2n) is 10.2. The van der Waals surface area contributed by atoms with E-state index in [2.05, 4.69) is 65.8 Å². The molecule has 2 N–H and O–H groups in total. The summed E-state index contributed by atoms with van der Waals surface area (Å²) in [6, 6.07) is 6.93. The third-order valence-corrected chi connectivity index (χ3v) is 8.39. The number of thioether (sulfide) groups is 1. The van der Waals surface area contributed by atoms with Crippen LogP contribution in [0.2, 0.25) is 0 Å². The number of nitrogens with one attached hydrogen (secondary N) is 2. The van der Waals surface area contributed by atoms with E-state index in [1.165, 1.54) is 5.56 Å². The second-order valence-corrected chi connectivity index (χ2v) is 11.9. The smallest absolute Gasteiger partial charge is 0.250 e. The molecule has 0 saturated carbocycles. The molecule has 5 rings (SSSR count). The number of amides is 2. The van der Waals surface area contributed by atoms with Gasteiger partial charge in [-0.2, -0.15) is 0 Å². The fraction of sp³-hybridized carbons (Fsp3) is 0.591. The molecule has 4 heterocycles. The highest BCUT2D eigenvalue weighted by atomic mass is 32.2. The maximum absolute atomic E-state index is 13.6. The molecule has 1 aromatic heterocycles. The van der Waals surface area contributed by atoms with Gasteiger partial charge in [-0.15, -0.1) is 16.9 Å². The molecule has 9 nitrogen and oxygen atoms in total. The van der Waals surface area contributed by atoms with E-state index in [1.807, 2.05) is 30.9 Å². The van der Waals surface area contributed by atoms with Crippen molar-refractivity contribution in [3.63, 3.8) is 0 Å². The normalized spacial score (nSPS) is 30.7. The first kappa shape index (κ1) is 21.4. The molecule has 3 saturated heterocycles. The number of tetrazole rings is 1. The predicted molar refractivity (Wildman–Crippen MR) is 120 cm³/mol. The van der Waals surface area contributed by atoms with E-state index in [9.17, 15) is 9.59 Å². The van der Waals surface area contributed by atoms with Crippen molar-refractivity contribution in [1.29, 1.82) is 0 Å². The largest absolute Gasteiger partial charge is 0.314 e. The molecule has 32 heavy (non-hydrogen) atoms. The first-order valence-corrected chi connectivity index (χ1v) is 11.9. The summed E-state index contributed by atoms with van der Waals surface area (Å²) in [5.41, 5.74) is 1.50. The van der Waals surface area contributed by atoms with Gasteiger partial charge in [0.2, 0.25) is 11.8 Å². The van der Waals surface area contributed by atoms with Gasteiger partial charge in [0.1, 0.15) is 23.5 Å². The average Bonchev–Trinajstić information content (AvgIpc) is 3.39. The quantitative estimate of drug-likeness (QED) is 0.682. The molecule has 3 aliphatic rings. The van der Waals surface area contributed by atoms with E-state index in [1.54, 1.807) is 16.7 Å². The van der Waals surface area contributed by atoms with Gasteiger partial charge < -0.3 is 9.80 Å². The zero-order valence-corrected chi connectivity index (χ0v) is 20.0. The number of carbonyl (C=O) groups is 2. The van der Waals surface area contributed by atoms with Gasteiger partial charge in [0.25, 0.3) is 0 Å². The predicted octanol–water partition coefficient (Wildman–Crippen LogP) is 2.34. The molecular weight excluding hydrogens is 426 g/mol. The van der Waals surface area contributed by atoms with Gasteiger partial charge in [0, 0.05) is 4.75 Å². The SMILES string of the molecule is CC(C)c1ccc(C2NC(C)(C)N(C3C(=O)N4C3SC(C)(C)C4c3nnn[nH]3)C2=O)cc1. The molecule has 2 aromatic rings. The van der Waals surface area contributed by atoms with Gasteiger partial charge in [-0.05, 0) is 55.2 Å². The highest BCUT2D eigenvalue weighted by Crippen LogP contribution is 2.58. The maximum atomic E-state index is 13.6. The topological polar surface area (TPSA) is 107 Å². The lowest BCUT2D eigenvalue weighted by Crippen LogP contribution is -2.71. The first-order chi connectivity index (χ1) is 15.0. The number of β-lactam (4-membered cyclic amide) rings is 1. The lowest BCUT2D eigenvalue weighted by atomic mass is 9.93. The Bertz CT molecular complexity index is 1050. The van der Waals surface area contributed by atoms with E-state index in [-0.39, 0.29) is 28.0 Å². The van der Waals surface area contributed by atoms with E-state index in [4.69, 9.17) is 0 Å². The number of benzene rings is 1. The Kier molecular flexibility index (Phi) is 4.69. The molecule has 4 atom stereocenters. The second kappa shape index (κ2) is 7.02. The van der Waals surface area contributed by atoms with Gasteiger partial charge in [-0.1, -0.05) is 38.1 Å². The van der Waals surface area contributed by atoms with E-state index >= 15 is 0 Å². The molecular formula is C22H29N7O2S. The number of H-pyrrole nitrogens is 1. The number of aromatic nitrogens is 4. The van der Waals surface area contributed by atoms with Crippen LogP contribution in [0.3, 0.4) is 0 Å². The Balaban J connectivity index is 1.43. The van der Waals surface area contributed by atoms with Crippen LogP contribution >= 0.6 is 11.8 Å². The van der Waals surface area contributed by atoms with Gasteiger partial charge in [-0.25, -0.2) is 5.10 Å². The van der Waals surface area contributed by atoms with Crippen molar-refractivity contribution in [2.75, 3.05) is 0 Å².